The Bertz CT molecular complexity index is 824. The molecule has 0 spiro atoms. The van der Waals surface area contributed by atoms with Crippen LogP contribution in [0.15, 0.2) is 24.5 Å². The van der Waals surface area contributed by atoms with E-state index in [1.807, 2.05) is 0 Å². The standard InChI is InChI=1S/C17H17F3N4O2/c1-21-15(25)13-10(8-23-14(13)16(26)24-11-3-4-11)6-9-2-5-12(22-7-9)17(18,19)20/h2,5,7-8,11,23H,3-4,6H2,1H3,(H,21,25)(H,24,26). The van der Waals surface area contributed by atoms with Crippen molar-refractivity contribution in [3.05, 3.63) is 52.6 Å². The fourth-order valence-electron chi connectivity index (χ4n) is 2.57. The number of aromatic nitrogens is 2. The average Bonchev–Trinajstić information content (AvgIpc) is 3.31. The number of H-pyrrole nitrogens is 1. The molecule has 138 valence electrons. The molecule has 2 heterocycles. The lowest BCUT2D eigenvalue weighted by Crippen LogP contribution is -2.29. The first-order valence-corrected chi connectivity index (χ1v) is 8.05. The molecule has 1 aliphatic rings. The van der Waals surface area contributed by atoms with Crippen molar-refractivity contribution < 1.29 is 22.8 Å². The fraction of sp³-hybridized carbons (Fsp3) is 0.353. The van der Waals surface area contributed by atoms with Crippen molar-refractivity contribution in [2.75, 3.05) is 7.05 Å². The molecule has 0 aliphatic heterocycles. The zero-order chi connectivity index (χ0) is 18.9. The number of carbonyl (C=O) groups is 2. The first-order chi connectivity index (χ1) is 12.3. The topological polar surface area (TPSA) is 86.9 Å². The number of alkyl halides is 3. The number of nitrogens with one attached hydrogen (secondary N) is 3. The van der Waals surface area contributed by atoms with Gasteiger partial charge in [0.15, 0.2) is 0 Å². The van der Waals surface area contributed by atoms with Gasteiger partial charge in [0, 0.05) is 31.9 Å². The van der Waals surface area contributed by atoms with Crippen molar-refractivity contribution in [3.8, 4) is 0 Å². The van der Waals surface area contributed by atoms with Crippen molar-refractivity contribution in [1.82, 2.24) is 20.6 Å². The molecule has 0 saturated heterocycles. The zero-order valence-electron chi connectivity index (χ0n) is 13.9. The Morgan fingerprint density at radius 3 is 2.54 bits per heavy atom. The third kappa shape index (κ3) is 3.87. The number of hydrogen-bond donors (Lipinski definition) is 3. The number of amides is 2. The van der Waals surface area contributed by atoms with E-state index >= 15 is 0 Å². The molecule has 2 aromatic heterocycles. The zero-order valence-corrected chi connectivity index (χ0v) is 13.9. The minimum Gasteiger partial charge on any atom is -0.356 e. The van der Waals surface area contributed by atoms with Crippen molar-refractivity contribution in [2.24, 2.45) is 0 Å². The quantitative estimate of drug-likeness (QED) is 0.759. The highest BCUT2D eigenvalue weighted by molar-refractivity contribution is 6.07. The summed E-state index contributed by atoms with van der Waals surface area (Å²) in [6.07, 6.45) is 0.115. The summed E-state index contributed by atoms with van der Waals surface area (Å²) in [6.45, 7) is 0. The van der Waals surface area contributed by atoms with Crippen LogP contribution in [0.4, 0.5) is 13.2 Å². The molecule has 0 aromatic carbocycles. The van der Waals surface area contributed by atoms with Gasteiger partial charge in [-0.25, -0.2) is 0 Å². The Labute approximate surface area is 147 Å². The van der Waals surface area contributed by atoms with E-state index in [0.29, 0.717) is 11.1 Å². The Morgan fingerprint density at radius 2 is 2.00 bits per heavy atom. The van der Waals surface area contributed by atoms with Gasteiger partial charge in [0.2, 0.25) is 0 Å². The first kappa shape index (κ1) is 18.0. The molecule has 6 nitrogen and oxygen atoms in total. The highest BCUT2D eigenvalue weighted by Crippen LogP contribution is 2.28. The molecular weight excluding hydrogens is 349 g/mol. The number of hydrogen-bond acceptors (Lipinski definition) is 3. The molecule has 0 bridgehead atoms. The molecular formula is C17H17F3N4O2. The van der Waals surface area contributed by atoms with E-state index in [4.69, 9.17) is 0 Å². The van der Waals surface area contributed by atoms with Gasteiger partial charge >= 0.3 is 6.18 Å². The molecule has 0 radical (unpaired) electrons. The smallest absolute Gasteiger partial charge is 0.356 e. The number of rotatable bonds is 5. The van der Waals surface area contributed by atoms with Crippen molar-refractivity contribution in [2.45, 2.75) is 31.5 Å². The monoisotopic (exact) mass is 366 g/mol. The third-order valence-electron chi connectivity index (χ3n) is 4.07. The predicted octanol–water partition coefficient (Wildman–Crippen LogP) is 2.27. The number of carbonyl (C=O) groups excluding carboxylic acids is 2. The SMILES string of the molecule is CNC(=O)c1c(Cc2ccc(C(F)(F)F)nc2)c[nH]c1C(=O)NC1CC1. The van der Waals surface area contributed by atoms with E-state index in [9.17, 15) is 22.8 Å². The lowest BCUT2D eigenvalue weighted by Gasteiger charge is -2.08. The van der Waals surface area contributed by atoms with Crippen LogP contribution in [0.2, 0.25) is 0 Å². The summed E-state index contributed by atoms with van der Waals surface area (Å²) in [5.41, 5.74) is 0.353. The van der Waals surface area contributed by atoms with E-state index in [1.165, 1.54) is 19.3 Å². The predicted molar refractivity (Wildman–Crippen MR) is 86.7 cm³/mol. The van der Waals surface area contributed by atoms with Gasteiger partial charge in [-0.1, -0.05) is 6.07 Å². The fourth-order valence-corrected chi connectivity index (χ4v) is 2.57. The van der Waals surface area contributed by atoms with Crippen LogP contribution in [-0.2, 0) is 12.6 Å². The number of halogens is 3. The lowest BCUT2D eigenvalue weighted by atomic mass is 10.0. The van der Waals surface area contributed by atoms with Crippen LogP contribution in [-0.4, -0.2) is 34.9 Å². The summed E-state index contributed by atoms with van der Waals surface area (Å²) >= 11 is 0. The highest BCUT2D eigenvalue weighted by Gasteiger charge is 2.32. The van der Waals surface area contributed by atoms with Crippen LogP contribution >= 0.6 is 0 Å². The van der Waals surface area contributed by atoms with Gasteiger partial charge in [0.25, 0.3) is 11.8 Å². The van der Waals surface area contributed by atoms with Gasteiger partial charge in [-0.15, -0.1) is 0 Å². The van der Waals surface area contributed by atoms with E-state index < -0.39 is 17.8 Å². The number of pyridine rings is 1. The molecule has 3 rings (SSSR count). The molecule has 1 aliphatic carbocycles. The maximum atomic E-state index is 12.6. The second kappa shape index (κ2) is 6.81. The Balaban J connectivity index is 1.86. The molecule has 1 saturated carbocycles. The van der Waals surface area contributed by atoms with Gasteiger partial charge in [-0.05, 0) is 30.0 Å². The maximum absolute atomic E-state index is 12.6. The summed E-state index contributed by atoms with van der Waals surface area (Å²) in [6, 6.07) is 2.33. The average molecular weight is 366 g/mol. The van der Waals surface area contributed by atoms with Gasteiger partial charge in [0.1, 0.15) is 11.4 Å². The molecule has 1 fully saturated rings. The van der Waals surface area contributed by atoms with Crippen LogP contribution in [0.25, 0.3) is 0 Å². The van der Waals surface area contributed by atoms with E-state index in [0.717, 1.165) is 25.1 Å². The largest absolute Gasteiger partial charge is 0.433 e. The van der Waals surface area contributed by atoms with Crippen LogP contribution < -0.4 is 10.6 Å². The van der Waals surface area contributed by atoms with Gasteiger partial charge < -0.3 is 15.6 Å². The lowest BCUT2D eigenvalue weighted by molar-refractivity contribution is -0.141. The van der Waals surface area contributed by atoms with E-state index in [2.05, 4.69) is 20.6 Å². The maximum Gasteiger partial charge on any atom is 0.433 e. The molecule has 2 aromatic rings. The van der Waals surface area contributed by atoms with Crippen LogP contribution in [0.1, 0.15) is 50.5 Å². The first-order valence-electron chi connectivity index (χ1n) is 8.05. The summed E-state index contributed by atoms with van der Waals surface area (Å²) in [5.74, 6) is -0.815. The van der Waals surface area contributed by atoms with Gasteiger partial charge in [0.05, 0.1) is 5.56 Å². The molecule has 0 atom stereocenters. The second-order valence-corrected chi connectivity index (χ2v) is 6.12. The van der Waals surface area contributed by atoms with E-state index in [1.54, 1.807) is 0 Å². The minimum absolute atomic E-state index is 0.130. The second-order valence-electron chi connectivity index (χ2n) is 6.12. The highest BCUT2D eigenvalue weighted by atomic mass is 19.4. The molecule has 0 unspecified atom stereocenters. The minimum atomic E-state index is -4.51. The van der Waals surface area contributed by atoms with E-state index in [-0.39, 0.29) is 29.6 Å². The van der Waals surface area contributed by atoms with Crippen LogP contribution in [0.5, 0.6) is 0 Å². The van der Waals surface area contributed by atoms with Crippen molar-refractivity contribution in [3.63, 3.8) is 0 Å². The van der Waals surface area contributed by atoms with Crippen LogP contribution in [0.3, 0.4) is 0 Å². The Kier molecular flexibility index (Phi) is 4.71. The normalized spacial score (nSPS) is 14.2. The summed E-state index contributed by atoms with van der Waals surface area (Å²) in [5, 5.41) is 5.29. The molecule has 26 heavy (non-hydrogen) atoms. The van der Waals surface area contributed by atoms with Crippen molar-refractivity contribution >= 4 is 11.8 Å². The van der Waals surface area contributed by atoms with Crippen LogP contribution in [0, 0.1) is 0 Å². The van der Waals surface area contributed by atoms with Crippen molar-refractivity contribution in [1.29, 1.82) is 0 Å². The Hall–Kier alpha value is -2.84. The van der Waals surface area contributed by atoms with Gasteiger partial charge in [-0.2, -0.15) is 13.2 Å². The number of nitrogens with zero attached hydrogens (tertiary/aromatic N) is 1. The Morgan fingerprint density at radius 1 is 1.27 bits per heavy atom. The molecule has 3 N–H and O–H groups in total. The molecule has 2 amide bonds. The third-order valence-corrected chi connectivity index (χ3v) is 4.07. The summed E-state index contributed by atoms with van der Waals surface area (Å²) in [4.78, 5) is 30.7. The number of aromatic amines is 1. The summed E-state index contributed by atoms with van der Waals surface area (Å²) < 4.78 is 37.8. The summed E-state index contributed by atoms with van der Waals surface area (Å²) in [7, 11) is 1.45. The van der Waals surface area contributed by atoms with Gasteiger partial charge in [-0.3, -0.25) is 14.6 Å². The molecule has 9 heteroatoms.